The Morgan fingerprint density at radius 2 is 1.91 bits per heavy atom. The van der Waals surface area contributed by atoms with Gasteiger partial charge in [0.25, 0.3) is 11.9 Å². The number of hydrogen-bond donors (Lipinski definition) is 2. The number of oxazole rings is 1. The van der Waals surface area contributed by atoms with E-state index in [0.29, 0.717) is 12.0 Å². The maximum atomic E-state index is 12.6. The number of nitrogens with one attached hydrogen (secondary N) is 1. The van der Waals surface area contributed by atoms with Gasteiger partial charge in [-0.15, -0.1) is 0 Å². The quantitative estimate of drug-likeness (QED) is 0.591. The molecule has 2 N–H and O–H groups in total. The van der Waals surface area contributed by atoms with Crippen LogP contribution < -0.4 is 15.0 Å². The minimum absolute atomic E-state index is 0.00464. The second kappa shape index (κ2) is 8.25. The van der Waals surface area contributed by atoms with E-state index >= 15 is 0 Å². The summed E-state index contributed by atoms with van der Waals surface area (Å²) in [7, 11) is 0. The molecule has 2 saturated heterocycles. The van der Waals surface area contributed by atoms with Gasteiger partial charge in [-0.05, 0) is 25.0 Å². The van der Waals surface area contributed by atoms with Crippen molar-refractivity contribution in [3.05, 3.63) is 54.4 Å². The second-order valence-electron chi connectivity index (χ2n) is 7.73. The molecule has 1 amide bonds. The minimum atomic E-state index is -1.18. The molecule has 32 heavy (non-hydrogen) atoms. The molecule has 0 aliphatic carbocycles. The number of anilines is 2. The number of nitrogens with zero attached hydrogens (tertiary/aromatic N) is 5. The number of piperidine rings is 1. The standard InChI is InChI=1S/C21H20N6O5/c28-18(25-16-4-7-22-10-15(16)19(29)30)17-11-31-21(26-17)27-12-2-3-13(27)9-14(8-12)32-20-23-5-1-6-24-20/h1,4-7,10-14H,2-3,8-9H2,(H,29,30)(H,22,25,28)/t12-,13+,14+. The van der Waals surface area contributed by atoms with Crippen LogP contribution in [0.2, 0.25) is 0 Å². The topological polar surface area (TPSA) is 144 Å². The lowest BCUT2D eigenvalue weighted by molar-refractivity contribution is 0.0697. The number of aromatic carboxylic acids is 1. The van der Waals surface area contributed by atoms with Gasteiger partial charge in [-0.3, -0.25) is 9.78 Å². The monoisotopic (exact) mass is 436 g/mol. The molecule has 11 nitrogen and oxygen atoms in total. The Morgan fingerprint density at radius 1 is 1.16 bits per heavy atom. The highest BCUT2D eigenvalue weighted by atomic mass is 16.5. The van der Waals surface area contributed by atoms with Gasteiger partial charge in [0, 0.05) is 49.7 Å². The maximum Gasteiger partial charge on any atom is 0.339 e. The van der Waals surface area contributed by atoms with Crippen molar-refractivity contribution >= 4 is 23.6 Å². The molecule has 0 unspecified atom stereocenters. The number of carbonyl (C=O) groups excluding carboxylic acids is 1. The van der Waals surface area contributed by atoms with Gasteiger partial charge in [0.05, 0.1) is 5.69 Å². The zero-order valence-corrected chi connectivity index (χ0v) is 16.9. The molecular formula is C21H20N6O5. The van der Waals surface area contributed by atoms with Crippen LogP contribution in [0.5, 0.6) is 6.01 Å². The largest absolute Gasteiger partial charge is 0.478 e. The first kappa shape index (κ1) is 19.9. The van der Waals surface area contributed by atoms with Crippen molar-refractivity contribution in [3.63, 3.8) is 0 Å². The van der Waals surface area contributed by atoms with Crippen LogP contribution in [0.4, 0.5) is 11.7 Å². The smallest absolute Gasteiger partial charge is 0.339 e. The summed E-state index contributed by atoms with van der Waals surface area (Å²) in [5.41, 5.74) is 0.110. The van der Waals surface area contributed by atoms with Gasteiger partial charge in [0.2, 0.25) is 0 Å². The van der Waals surface area contributed by atoms with Gasteiger partial charge < -0.3 is 24.5 Å². The number of hydrogen-bond acceptors (Lipinski definition) is 9. The van der Waals surface area contributed by atoms with Crippen molar-refractivity contribution in [3.8, 4) is 6.01 Å². The predicted molar refractivity (Wildman–Crippen MR) is 111 cm³/mol. The fourth-order valence-electron chi connectivity index (χ4n) is 4.38. The van der Waals surface area contributed by atoms with Crippen LogP contribution in [-0.4, -0.2) is 55.1 Å². The van der Waals surface area contributed by atoms with E-state index < -0.39 is 11.9 Å². The number of carboxylic acids is 1. The van der Waals surface area contributed by atoms with Gasteiger partial charge in [0.15, 0.2) is 5.69 Å². The molecule has 3 aromatic heterocycles. The first-order chi connectivity index (χ1) is 15.6. The van der Waals surface area contributed by atoms with E-state index in [1.165, 1.54) is 24.7 Å². The molecule has 2 bridgehead atoms. The maximum absolute atomic E-state index is 12.6. The van der Waals surface area contributed by atoms with E-state index in [4.69, 9.17) is 9.15 Å². The number of pyridine rings is 1. The van der Waals surface area contributed by atoms with E-state index in [-0.39, 0.29) is 35.1 Å². The summed E-state index contributed by atoms with van der Waals surface area (Å²) >= 11 is 0. The van der Waals surface area contributed by atoms with Gasteiger partial charge in [0.1, 0.15) is 17.9 Å². The molecule has 0 saturated carbocycles. The summed E-state index contributed by atoms with van der Waals surface area (Å²) in [6.45, 7) is 0. The Morgan fingerprint density at radius 3 is 2.62 bits per heavy atom. The van der Waals surface area contributed by atoms with E-state index in [1.807, 2.05) is 0 Å². The first-order valence-corrected chi connectivity index (χ1v) is 10.2. The highest BCUT2D eigenvalue weighted by Crippen LogP contribution is 2.39. The number of fused-ring (bicyclic) bond motifs is 2. The fraction of sp³-hybridized carbons (Fsp3) is 0.333. The van der Waals surface area contributed by atoms with Crippen molar-refractivity contribution in [2.75, 3.05) is 10.2 Å². The molecular weight excluding hydrogens is 416 g/mol. The molecule has 2 fully saturated rings. The highest BCUT2D eigenvalue weighted by Gasteiger charge is 2.44. The summed E-state index contributed by atoms with van der Waals surface area (Å²) in [6, 6.07) is 4.27. The van der Waals surface area contributed by atoms with Crippen LogP contribution >= 0.6 is 0 Å². The van der Waals surface area contributed by atoms with Gasteiger partial charge in [-0.25, -0.2) is 14.8 Å². The molecule has 3 atom stereocenters. The van der Waals surface area contributed by atoms with Crippen LogP contribution in [0.1, 0.15) is 46.5 Å². The molecule has 0 radical (unpaired) electrons. The van der Waals surface area contributed by atoms with Crippen LogP contribution in [0.3, 0.4) is 0 Å². The van der Waals surface area contributed by atoms with E-state index in [2.05, 4.69) is 30.2 Å². The average Bonchev–Trinajstić information content (AvgIpc) is 3.37. The zero-order valence-electron chi connectivity index (χ0n) is 16.9. The lowest BCUT2D eigenvalue weighted by atomic mass is 10.0. The molecule has 5 heterocycles. The molecule has 0 spiro atoms. The summed E-state index contributed by atoms with van der Waals surface area (Å²) in [4.78, 5) is 42.5. The summed E-state index contributed by atoms with van der Waals surface area (Å²) in [6.07, 6.45) is 10.7. The van der Waals surface area contributed by atoms with Crippen molar-refractivity contribution in [2.24, 2.45) is 0 Å². The molecule has 164 valence electrons. The summed E-state index contributed by atoms with van der Waals surface area (Å²) in [5.74, 6) is -1.74. The van der Waals surface area contributed by atoms with Crippen LogP contribution in [-0.2, 0) is 0 Å². The Bertz CT molecular complexity index is 1120. The SMILES string of the molecule is O=C(Nc1ccncc1C(=O)O)c1coc(N2[C@@H]3CC[C@H]2C[C@@H](Oc2ncccn2)C3)n1. The number of amides is 1. The average molecular weight is 436 g/mol. The number of aromatic nitrogens is 4. The van der Waals surface area contributed by atoms with Crippen molar-refractivity contribution in [1.82, 2.24) is 19.9 Å². The Hall–Kier alpha value is -4.02. The summed E-state index contributed by atoms with van der Waals surface area (Å²) in [5, 5.41) is 11.8. The summed E-state index contributed by atoms with van der Waals surface area (Å²) < 4.78 is 11.6. The minimum Gasteiger partial charge on any atom is -0.478 e. The Kier molecular flexibility index (Phi) is 5.13. The number of ether oxygens (including phenoxy) is 1. The second-order valence-corrected chi connectivity index (χ2v) is 7.73. The molecule has 3 aromatic rings. The van der Waals surface area contributed by atoms with Crippen molar-refractivity contribution in [1.29, 1.82) is 0 Å². The number of rotatable bonds is 6. The Labute approximate surface area is 182 Å². The van der Waals surface area contributed by atoms with Gasteiger partial charge in [-0.2, -0.15) is 4.98 Å². The number of carbonyl (C=O) groups is 2. The molecule has 5 rings (SSSR count). The van der Waals surface area contributed by atoms with Crippen molar-refractivity contribution < 1.29 is 23.8 Å². The fourth-order valence-corrected chi connectivity index (χ4v) is 4.38. The normalized spacial score (nSPS) is 21.9. The highest BCUT2D eigenvalue weighted by molar-refractivity contribution is 6.06. The van der Waals surface area contributed by atoms with Crippen LogP contribution in [0.25, 0.3) is 0 Å². The first-order valence-electron chi connectivity index (χ1n) is 10.2. The van der Waals surface area contributed by atoms with E-state index in [0.717, 1.165) is 25.7 Å². The lowest BCUT2D eigenvalue weighted by Crippen LogP contribution is -2.46. The third-order valence-electron chi connectivity index (χ3n) is 5.75. The van der Waals surface area contributed by atoms with E-state index in [1.54, 1.807) is 18.5 Å². The van der Waals surface area contributed by atoms with Crippen LogP contribution in [0, 0.1) is 0 Å². The van der Waals surface area contributed by atoms with E-state index in [9.17, 15) is 14.7 Å². The van der Waals surface area contributed by atoms with Gasteiger partial charge >= 0.3 is 12.0 Å². The molecule has 2 aliphatic heterocycles. The number of carboxylic acid groups (broad SMARTS) is 1. The molecule has 2 aliphatic rings. The zero-order chi connectivity index (χ0) is 22.1. The third-order valence-corrected chi connectivity index (χ3v) is 5.75. The van der Waals surface area contributed by atoms with Gasteiger partial charge in [-0.1, -0.05) is 0 Å². The third kappa shape index (κ3) is 3.84. The predicted octanol–water partition coefficient (Wildman–Crippen LogP) is 2.39. The van der Waals surface area contributed by atoms with Crippen molar-refractivity contribution in [2.45, 2.75) is 43.9 Å². The van der Waals surface area contributed by atoms with Crippen LogP contribution in [0.15, 0.2) is 47.6 Å². The molecule has 11 heteroatoms. The lowest BCUT2D eigenvalue weighted by Gasteiger charge is -2.37. The molecule has 0 aromatic carbocycles. The Balaban J connectivity index is 1.27.